The first-order valence-electron chi connectivity index (χ1n) is 8.76. The number of ether oxygens (including phenoxy) is 1. The van der Waals surface area contributed by atoms with Crippen molar-refractivity contribution in [1.82, 2.24) is 10.2 Å². The van der Waals surface area contributed by atoms with Gasteiger partial charge in [-0.05, 0) is 48.5 Å². The average molecular weight is 392 g/mol. The Kier molecular flexibility index (Phi) is 6.01. The van der Waals surface area contributed by atoms with E-state index < -0.39 is 11.8 Å². The van der Waals surface area contributed by atoms with Crippen LogP contribution in [0.25, 0.3) is 6.08 Å². The van der Waals surface area contributed by atoms with Crippen molar-refractivity contribution in [1.29, 1.82) is 0 Å². The monoisotopic (exact) mass is 392 g/mol. The van der Waals surface area contributed by atoms with Gasteiger partial charge in [-0.2, -0.15) is 0 Å². The molecule has 2 aromatic rings. The predicted molar refractivity (Wildman–Crippen MR) is 113 cm³/mol. The summed E-state index contributed by atoms with van der Waals surface area (Å²) in [4.78, 5) is 26.0. The smallest absolute Gasteiger partial charge is 0.265 e. The van der Waals surface area contributed by atoms with E-state index in [1.807, 2.05) is 25.1 Å². The molecule has 1 aliphatic rings. The molecule has 2 amide bonds. The average Bonchev–Trinajstić information content (AvgIpc) is 2.68. The van der Waals surface area contributed by atoms with Crippen molar-refractivity contribution in [3.8, 4) is 5.75 Å². The lowest BCUT2D eigenvalue weighted by Gasteiger charge is -2.27. The second-order valence-electron chi connectivity index (χ2n) is 6.37. The van der Waals surface area contributed by atoms with E-state index >= 15 is 0 Å². The van der Waals surface area contributed by atoms with E-state index in [0.29, 0.717) is 17.9 Å². The SMILES string of the molecule is C=CCN1C(=O)C(=Cc2ccc(OCc3cccc(C)c3)cc2)C(=O)NC1=S. The Labute approximate surface area is 169 Å². The third-order valence-electron chi connectivity index (χ3n) is 4.18. The summed E-state index contributed by atoms with van der Waals surface area (Å²) in [5, 5.41) is 2.62. The number of rotatable bonds is 6. The molecule has 6 heteroatoms. The maximum Gasteiger partial charge on any atom is 0.265 e. The van der Waals surface area contributed by atoms with Gasteiger partial charge in [0.25, 0.3) is 11.8 Å². The molecule has 0 atom stereocenters. The molecular weight excluding hydrogens is 372 g/mol. The number of hydrogen-bond acceptors (Lipinski definition) is 4. The number of nitrogens with one attached hydrogen (secondary N) is 1. The Balaban J connectivity index is 1.72. The van der Waals surface area contributed by atoms with Gasteiger partial charge in [0.1, 0.15) is 17.9 Å². The molecule has 0 saturated carbocycles. The minimum absolute atomic E-state index is 0.0314. The quantitative estimate of drug-likeness (QED) is 0.354. The van der Waals surface area contributed by atoms with E-state index in [2.05, 4.69) is 18.0 Å². The highest BCUT2D eigenvalue weighted by atomic mass is 32.1. The Morgan fingerprint density at radius 1 is 1.18 bits per heavy atom. The molecule has 2 aromatic carbocycles. The lowest BCUT2D eigenvalue weighted by Crippen LogP contribution is -2.53. The van der Waals surface area contributed by atoms with Gasteiger partial charge >= 0.3 is 0 Å². The standard InChI is InChI=1S/C22H20N2O3S/c1-3-11-24-21(26)19(20(25)23-22(24)28)13-16-7-9-18(10-8-16)27-14-17-6-4-5-15(2)12-17/h3-10,12-13H,1,11,14H2,2H3,(H,23,25,28). The Bertz CT molecular complexity index is 964. The fourth-order valence-corrected chi connectivity index (χ4v) is 3.03. The number of benzene rings is 2. The molecule has 1 N–H and O–H groups in total. The van der Waals surface area contributed by atoms with Crippen LogP contribution in [-0.2, 0) is 16.2 Å². The molecule has 1 fully saturated rings. The highest BCUT2D eigenvalue weighted by molar-refractivity contribution is 7.80. The van der Waals surface area contributed by atoms with E-state index in [-0.39, 0.29) is 17.2 Å². The summed E-state index contributed by atoms with van der Waals surface area (Å²) in [5.41, 5.74) is 3.02. The van der Waals surface area contributed by atoms with Crippen LogP contribution in [0.15, 0.2) is 66.8 Å². The van der Waals surface area contributed by atoms with E-state index in [9.17, 15) is 9.59 Å². The normalized spacial score (nSPS) is 15.5. The molecule has 0 bridgehead atoms. The van der Waals surface area contributed by atoms with Crippen molar-refractivity contribution >= 4 is 35.2 Å². The Morgan fingerprint density at radius 3 is 2.61 bits per heavy atom. The van der Waals surface area contributed by atoms with Crippen LogP contribution >= 0.6 is 12.2 Å². The Hall–Kier alpha value is -3.25. The molecule has 0 radical (unpaired) electrons. The molecule has 142 valence electrons. The number of thiocarbonyl (C=S) groups is 1. The van der Waals surface area contributed by atoms with E-state index in [1.165, 1.54) is 10.5 Å². The van der Waals surface area contributed by atoms with E-state index in [1.54, 1.807) is 36.4 Å². The minimum Gasteiger partial charge on any atom is -0.489 e. The topological polar surface area (TPSA) is 58.6 Å². The number of aryl methyl sites for hydroxylation is 1. The molecule has 0 unspecified atom stereocenters. The van der Waals surface area contributed by atoms with Gasteiger partial charge in [-0.25, -0.2) is 0 Å². The molecule has 1 heterocycles. The fourth-order valence-electron chi connectivity index (χ4n) is 2.78. The summed E-state index contributed by atoms with van der Waals surface area (Å²) in [6, 6.07) is 15.3. The second kappa shape index (κ2) is 8.63. The molecule has 0 aromatic heterocycles. The first-order valence-corrected chi connectivity index (χ1v) is 9.17. The summed E-state index contributed by atoms with van der Waals surface area (Å²) in [6.07, 6.45) is 3.10. The van der Waals surface area contributed by atoms with Crippen molar-refractivity contribution in [3.63, 3.8) is 0 Å². The van der Waals surface area contributed by atoms with Gasteiger partial charge in [0, 0.05) is 6.54 Å². The third kappa shape index (κ3) is 4.53. The number of amides is 2. The highest BCUT2D eigenvalue weighted by Gasteiger charge is 2.32. The van der Waals surface area contributed by atoms with Crippen LogP contribution in [0.1, 0.15) is 16.7 Å². The van der Waals surface area contributed by atoms with Crippen molar-refractivity contribution < 1.29 is 14.3 Å². The largest absolute Gasteiger partial charge is 0.489 e. The van der Waals surface area contributed by atoms with Gasteiger partial charge in [-0.3, -0.25) is 19.8 Å². The summed E-state index contributed by atoms with van der Waals surface area (Å²) < 4.78 is 5.79. The van der Waals surface area contributed by atoms with Crippen LogP contribution in [0.5, 0.6) is 5.75 Å². The van der Waals surface area contributed by atoms with Gasteiger partial charge in [0.15, 0.2) is 5.11 Å². The summed E-state index contributed by atoms with van der Waals surface area (Å²) in [6.45, 7) is 6.35. The number of carbonyl (C=O) groups excluding carboxylic acids is 2. The highest BCUT2D eigenvalue weighted by Crippen LogP contribution is 2.19. The van der Waals surface area contributed by atoms with Crippen LogP contribution in [0, 0.1) is 6.92 Å². The van der Waals surface area contributed by atoms with E-state index in [4.69, 9.17) is 17.0 Å². The maximum absolute atomic E-state index is 12.5. The van der Waals surface area contributed by atoms with E-state index in [0.717, 1.165) is 5.56 Å². The molecule has 0 aliphatic carbocycles. The van der Waals surface area contributed by atoms with Crippen LogP contribution < -0.4 is 10.1 Å². The first-order chi connectivity index (χ1) is 13.5. The van der Waals surface area contributed by atoms with Gasteiger partial charge in [-0.1, -0.05) is 48.0 Å². The Morgan fingerprint density at radius 2 is 1.93 bits per heavy atom. The molecule has 1 saturated heterocycles. The number of nitrogens with zero attached hydrogens (tertiary/aromatic N) is 1. The maximum atomic E-state index is 12.5. The molecule has 28 heavy (non-hydrogen) atoms. The van der Waals surface area contributed by atoms with Gasteiger partial charge in [0.05, 0.1) is 0 Å². The molecule has 1 aliphatic heterocycles. The van der Waals surface area contributed by atoms with Gasteiger partial charge < -0.3 is 4.74 Å². The molecule has 5 nitrogen and oxygen atoms in total. The zero-order chi connectivity index (χ0) is 20.1. The van der Waals surface area contributed by atoms with Gasteiger partial charge in [-0.15, -0.1) is 6.58 Å². The summed E-state index contributed by atoms with van der Waals surface area (Å²) >= 11 is 5.04. The summed E-state index contributed by atoms with van der Waals surface area (Å²) in [7, 11) is 0. The van der Waals surface area contributed by atoms with Gasteiger partial charge in [0.2, 0.25) is 0 Å². The number of carbonyl (C=O) groups is 2. The molecule has 3 rings (SSSR count). The molecular formula is C22H20N2O3S. The second-order valence-corrected chi connectivity index (χ2v) is 6.76. The minimum atomic E-state index is -0.505. The van der Waals surface area contributed by atoms with Crippen LogP contribution in [0.4, 0.5) is 0 Å². The lowest BCUT2D eigenvalue weighted by molar-refractivity contribution is -0.128. The predicted octanol–water partition coefficient (Wildman–Crippen LogP) is 3.39. The van der Waals surface area contributed by atoms with Crippen molar-refractivity contribution in [2.45, 2.75) is 13.5 Å². The van der Waals surface area contributed by atoms with Crippen LogP contribution in [0.3, 0.4) is 0 Å². The van der Waals surface area contributed by atoms with Crippen molar-refractivity contribution in [2.75, 3.05) is 6.54 Å². The zero-order valence-electron chi connectivity index (χ0n) is 15.5. The lowest BCUT2D eigenvalue weighted by atomic mass is 10.1. The van der Waals surface area contributed by atoms with Crippen LogP contribution in [-0.4, -0.2) is 28.4 Å². The molecule has 0 spiro atoms. The van der Waals surface area contributed by atoms with Crippen molar-refractivity contribution in [3.05, 3.63) is 83.4 Å². The third-order valence-corrected chi connectivity index (χ3v) is 4.50. The zero-order valence-corrected chi connectivity index (χ0v) is 16.3. The van der Waals surface area contributed by atoms with Crippen molar-refractivity contribution in [2.24, 2.45) is 0 Å². The fraction of sp³-hybridized carbons (Fsp3) is 0.136. The first kappa shape index (κ1) is 19.5. The summed E-state index contributed by atoms with van der Waals surface area (Å²) in [5.74, 6) is -0.235. The number of hydrogen-bond donors (Lipinski definition) is 1. The van der Waals surface area contributed by atoms with Crippen LogP contribution in [0.2, 0.25) is 0 Å².